The Hall–Kier alpha value is -2.19. The smallest absolute Gasteiger partial charge is 0.329 e. The molecule has 2 N–H and O–H groups in total. The monoisotopic (exact) mass is 327 g/mol. The van der Waals surface area contributed by atoms with Crippen LogP contribution in [0.4, 0.5) is 14.7 Å². The molecule has 0 saturated heterocycles. The Balaban J connectivity index is 1.91. The van der Waals surface area contributed by atoms with Crippen molar-refractivity contribution in [1.29, 1.82) is 0 Å². The first-order valence-corrected chi connectivity index (χ1v) is 7.58. The summed E-state index contributed by atoms with van der Waals surface area (Å²) in [5.74, 6) is -3.13. The van der Waals surface area contributed by atoms with Gasteiger partial charge in [0, 0.05) is 33.0 Å². The SMILES string of the molecule is Cn1c(NCC2CCCCC2(F)F)nc2c1c(=O)[nH]c(=O)n2C. The van der Waals surface area contributed by atoms with Crippen molar-refractivity contribution in [1.82, 2.24) is 19.1 Å². The molecule has 1 aliphatic carbocycles. The molecule has 1 saturated carbocycles. The number of fused-ring (bicyclic) bond motifs is 1. The van der Waals surface area contributed by atoms with E-state index in [4.69, 9.17) is 0 Å². The Kier molecular flexibility index (Phi) is 3.73. The molecule has 0 aromatic carbocycles. The molecule has 9 heteroatoms. The van der Waals surface area contributed by atoms with E-state index in [-0.39, 0.29) is 24.1 Å². The van der Waals surface area contributed by atoms with E-state index in [9.17, 15) is 18.4 Å². The van der Waals surface area contributed by atoms with E-state index < -0.39 is 23.1 Å². The number of aryl methyl sites for hydroxylation is 2. The first-order chi connectivity index (χ1) is 10.8. The van der Waals surface area contributed by atoms with E-state index in [1.165, 1.54) is 16.2 Å². The van der Waals surface area contributed by atoms with E-state index in [2.05, 4.69) is 15.3 Å². The highest BCUT2D eigenvalue weighted by molar-refractivity contribution is 5.73. The number of aromatic amines is 1. The van der Waals surface area contributed by atoms with Crippen LogP contribution in [0.15, 0.2) is 9.59 Å². The molecule has 7 nitrogen and oxygen atoms in total. The van der Waals surface area contributed by atoms with Crippen LogP contribution in [0.3, 0.4) is 0 Å². The lowest BCUT2D eigenvalue weighted by atomic mass is 9.85. The number of nitrogens with one attached hydrogen (secondary N) is 2. The summed E-state index contributed by atoms with van der Waals surface area (Å²) < 4.78 is 30.5. The van der Waals surface area contributed by atoms with Crippen molar-refractivity contribution in [3.8, 4) is 0 Å². The molecule has 126 valence electrons. The average Bonchev–Trinajstić information content (AvgIpc) is 2.81. The third-order valence-corrected chi connectivity index (χ3v) is 4.55. The average molecular weight is 327 g/mol. The van der Waals surface area contributed by atoms with Crippen molar-refractivity contribution in [2.45, 2.75) is 31.6 Å². The second-order valence-corrected chi connectivity index (χ2v) is 6.07. The van der Waals surface area contributed by atoms with Gasteiger partial charge in [-0.15, -0.1) is 0 Å². The van der Waals surface area contributed by atoms with Crippen LogP contribution in [0.1, 0.15) is 25.7 Å². The number of hydrogen-bond donors (Lipinski definition) is 2. The minimum Gasteiger partial charge on any atom is -0.355 e. The summed E-state index contributed by atoms with van der Waals surface area (Å²) in [7, 11) is 3.10. The molecule has 1 unspecified atom stereocenters. The van der Waals surface area contributed by atoms with Crippen LogP contribution in [0.5, 0.6) is 0 Å². The lowest BCUT2D eigenvalue weighted by molar-refractivity contribution is -0.0802. The van der Waals surface area contributed by atoms with Crippen molar-refractivity contribution in [3.05, 3.63) is 20.8 Å². The standard InChI is InChI=1S/C14H19F2N5O2/c1-20-9-10(21(2)13(23)19-11(9)22)18-12(20)17-7-8-5-3-4-6-14(8,15)16/h8H,3-7H2,1-2H3,(H,17,18)(H,19,22,23). The van der Waals surface area contributed by atoms with Gasteiger partial charge in [-0.25, -0.2) is 13.6 Å². The number of hydrogen-bond acceptors (Lipinski definition) is 4. The molecule has 1 atom stereocenters. The molecule has 2 aromatic heterocycles. The van der Waals surface area contributed by atoms with Gasteiger partial charge in [-0.3, -0.25) is 14.3 Å². The summed E-state index contributed by atoms with van der Waals surface area (Å²) >= 11 is 0. The van der Waals surface area contributed by atoms with Crippen molar-refractivity contribution < 1.29 is 8.78 Å². The number of alkyl halides is 2. The fourth-order valence-electron chi connectivity index (χ4n) is 3.10. The fourth-order valence-corrected chi connectivity index (χ4v) is 3.10. The van der Waals surface area contributed by atoms with Crippen LogP contribution in [0, 0.1) is 5.92 Å². The summed E-state index contributed by atoms with van der Waals surface area (Å²) in [6, 6.07) is 0. The largest absolute Gasteiger partial charge is 0.355 e. The molecule has 0 aliphatic heterocycles. The molecular weight excluding hydrogens is 308 g/mol. The summed E-state index contributed by atoms with van der Waals surface area (Å²) in [5, 5.41) is 2.91. The van der Waals surface area contributed by atoms with Crippen molar-refractivity contribution >= 4 is 17.1 Å². The van der Waals surface area contributed by atoms with E-state index in [1.54, 1.807) is 7.05 Å². The molecular formula is C14H19F2N5O2. The van der Waals surface area contributed by atoms with Gasteiger partial charge in [0.1, 0.15) is 0 Å². The maximum Gasteiger partial charge on any atom is 0.329 e. The van der Waals surface area contributed by atoms with Gasteiger partial charge in [-0.05, 0) is 12.8 Å². The normalized spacial score (nSPS) is 20.8. The lowest BCUT2D eigenvalue weighted by Crippen LogP contribution is -2.36. The molecule has 0 amide bonds. The molecule has 0 bridgehead atoms. The van der Waals surface area contributed by atoms with E-state index >= 15 is 0 Å². The Bertz CT molecular complexity index is 851. The van der Waals surface area contributed by atoms with Crippen LogP contribution in [-0.2, 0) is 14.1 Å². The van der Waals surface area contributed by atoms with Gasteiger partial charge in [0.15, 0.2) is 11.2 Å². The van der Waals surface area contributed by atoms with Gasteiger partial charge in [0.05, 0.1) is 0 Å². The van der Waals surface area contributed by atoms with Crippen molar-refractivity contribution in [3.63, 3.8) is 0 Å². The highest BCUT2D eigenvalue weighted by Crippen LogP contribution is 2.38. The molecule has 3 rings (SSSR count). The Morgan fingerprint density at radius 2 is 2.04 bits per heavy atom. The van der Waals surface area contributed by atoms with Gasteiger partial charge in [-0.2, -0.15) is 4.98 Å². The van der Waals surface area contributed by atoms with Crippen LogP contribution in [0.25, 0.3) is 11.2 Å². The number of H-pyrrole nitrogens is 1. The number of rotatable bonds is 3. The van der Waals surface area contributed by atoms with Gasteiger partial charge in [0.2, 0.25) is 5.95 Å². The van der Waals surface area contributed by atoms with Crippen LogP contribution in [0.2, 0.25) is 0 Å². The third-order valence-electron chi connectivity index (χ3n) is 4.55. The van der Waals surface area contributed by atoms with Gasteiger partial charge < -0.3 is 9.88 Å². The molecule has 0 spiro atoms. The Labute approximate surface area is 130 Å². The minimum absolute atomic E-state index is 0.0794. The van der Waals surface area contributed by atoms with Crippen molar-refractivity contribution in [2.75, 3.05) is 11.9 Å². The number of anilines is 1. The number of halogens is 2. The predicted molar refractivity (Wildman–Crippen MR) is 82.0 cm³/mol. The maximum atomic E-state index is 13.9. The maximum absolute atomic E-state index is 13.9. The summed E-state index contributed by atoms with van der Waals surface area (Å²) in [4.78, 5) is 29.9. The zero-order valence-electron chi connectivity index (χ0n) is 13.0. The fraction of sp³-hybridized carbons (Fsp3) is 0.643. The van der Waals surface area contributed by atoms with Crippen LogP contribution < -0.4 is 16.6 Å². The summed E-state index contributed by atoms with van der Waals surface area (Å²) in [6.45, 7) is 0.0794. The second kappa shape index (κ2) is 5.47. The number of imidazole rings is 1. The highest BCUT2D eigenvalue weighted by Gasteiger charge is 2.41. The lowest BCUT2D eigenvalue weighted by Gasteiger charge is -2.31. The number of nitrogens with zero attached hydrogens (tertiary/aromatic N) is 3. The predicted octanol–water partition coefficient (Wildman–Crippen LogP) is 1.20. The second-order valence-electron chi connectivity index (χ2n) is 6.07. The van der Waals surface area contributed by atoms with Gasteiger partial charge in [-0.1, -0.05) is 6.42 Å². The van der Waals surface area contributed by atoms with E-state index in [0.717, 1.165) is 6.42 Å². The Morgan fingerprint density at radius 1 is 1.30 bits per heavy atom. The highest BCUT2D eigenvalue weighted by atomic mass is 19.3. The van der Waals surface area contributed by atoms with Gasteiger partial charge >= 0.3 is 5.69 Å². The van der Waals surface area contributed by atoms with Crippen LogP contribution in [-0.4, -0.2) is 31.6 Å². The Morgan fingerprint density at radius 3 is 2.74 bits per heavy atom. The zero-order valence-corrected chi connectivity index (χ0v) is 13.0. The summed E-state index contributed by atoms with van der Waals surface area (Å²) in [5.41, 5.74) is -0.663. The zero-order chi connectivity index (χ0) is 16.8. The third kappa shape index (κ3) is 2.64. The van der Waals surface area contributed by atoms with E-state index in [1.807, 2.05) is 0 Å². The van der Waals surface area contributed by atoms with E-state index in [0.29, 0.717) is 18.8 Å². The molecule has 23 heavy (non-hydrogen) atoms. The molecule has 1 aliphatic rings. The first-order valence-electron chi connectivity index (χ1n) is 7.58. The molecule has 1 fully saturated rings. The quantitative estimate of drug-likeness (QED) is 0.887. The summed E-state index contributed by atoms with van der Waals surface area (Å²) in [6.07, 6.45) is 1.71. The topological polar surface area (TPSA) is 84.7 Å². The minimum atomic E-state index is -2.68. The number of aromatic nitrogens is 4. The van der Waals surface area contributed by atoms with Crippen LogP contribution >= 0.6 is 0 Å². The van der Waals surface area contributed by atoms with Gasteiger partial charge in [0.25, 0.3) is 11.5 Å². The molecule has 0 radical (unpaired) electrons. The first kappa shape index (κ1) is 15.7. The molecule has 2 aromatic rings. The molecule has 2 heterocycles. The van der Waals surface area contributed by atoms with Crippen molar-refractivity contribution in [2.24, 2.45) is 20.0 Å².